The minimum Gasteiger partial charge on any atom is -0.378 e. The Labute approximate surface area is 159 Å². The number of morpholine rings is 1. The number of amides is 1. The Morgan fingerprint density at radius 3 is 2.77 bits per heavy atom. The van der Waals surface area contributed by atoms with Crippen molar-refractivity contribution in [3.8, 4) is 0 Å². The zero-order valence-electron chi connectivity index (χ0n) is 14.9. The molecule has 0 aliphatic carbocycles. The summed E-state index contributed by atoms with van der Waals surface area (Å²) in [6, 6.07) is 13.8. The third kappa shape index (κ3) is 5.13. The van der Waals surface area contributed by atoms with Gasteiger partial charge in [-0.05, 0) is 30.7 Å². The maximum Gasteiger partial charge on any atom is 0.239 e. The van der Waals surface area contributed by atoms with Gasteiger partial charge < -0.3 is 20.3 Å². The van der Waals surface area contributed by atoms with E-state index in [-0.39, 0.29) is 12.5 Å². The van der Waals surface area contributed by atoms with Gasteiger partial charge in [-0.1, -0.05) is 41.4 Å². The molecular formula is C20H24ClN3O2. The molecule has 0 unspecified atom stereocenters. The SMILES string of the molecule is Cc1cccc(CNC(=O)CNc2cc(Cl)ccc2N2CCOCC2)c1. The third-order valence-corrected chi connectivity index (χ3v) is 4.56. The number of hydrogen-bond donors (Lipinski definition) is 2. The maximum absolute atomic E-state index is 12.2. The van der Waals surface area contributed by atoms with Gasteiger partial charge in [0.2, 0.25) is 5.91 Å². The highest BCUT2D eigenvalue weighted by molar-refractivity contribution is 6.31. The normalized spacial score (nSPS) is 14.2. The molecule has 0 spiro atoms. The Morgan fingerprint density at radius 1 is 1.19 bits per heavy atom. The molecule has 0 atom stereocenters. The fourth-order valence-corrected chi connectivity index (χ4v) is 3.16. The van der Waals surface area contributed by atoms with Crippen molar-refractivity contribution in [2.24, 2.45) is 0 Å². The van der Waals surface area contributed by atoms with Crippen molar-refractivity contribution in [2.75, 3.05) is 43.1 Å². The van der Waals surface area contributed by atoms with Crippen molar-refractivity contribution in [1.29, 1.82) is 0 Å². The lowest BCUT2D eigenvalue weighted by molar-refractivity contribution is -0.119. The van der Waals surface area contributed by atoms with E-state index in [0.29, 0.717) is 24.8 Å². The van der Waals surface area contributed by atoms with Gasteiger partial charge >= 0.3 is 0 Å². The quantitative estimate of drug-likeness (QED) is 0.816. The third-order valence-electron chi connectivity index (χ3n) is 4.32. The number of rotatable bonds is 6. The van der Waals surface area contributed by atoms with Gasteiger partial charge in [0, 0.05) is 24.7 Å². The molecule has 0 aromatic heterocycles. The molecule has 26 heavy (non-hydrogen) atoms. The van der Waals surface area contributed by atoms with E-state index >= 15 is 0 Å². The molecule has 0 saturated carbocycles. The van der Waals surface area contributed by atoms with Crippen molar-refractivity contribution in [2.45, 2.75) is 13.5 Å². The average molecular weight is 374 g/mol. The Kier molecular flexibility index (Phi) is 6.36. The van der Waals surface area contributed by atoms with Crippen LogP contribution in [0.15, 0.2) is 42.5 Å². The average Bonchev–Trinajstić information content (AvgIpc) is 2.65. The van der Waals surface area contributed by atoms with E-state index in [4.69, 9.17) is 16.3 Å². The second-order valence-corrected chi connectivity index (χ2v) is 6.82. The van der Waals surface area contributed by atoms with Crippen LogP contribution >= 0.6 is 11.6 Å². The molecule has 5 nitrogen and oxygen atoms in total. The lowest BCUT2D eigenvalue weighted by Crippen LogP contribution is -2.37. The van der Waals surface area contributed by atoms with Crippen LogP contribution in [0.1, 0.15) is 11.1 Å². The summed E-state index contributed by atoms with van der Waals surface area (Å²) >= 11 is 6.14. The van der Waals surface area contributed by atoms with Crippen LogP contribution in [-0.2, 0) is 16.1 Å². The van der Waals surface area contributed by atoms with Gasteiger partial charge in [-0.3, -0.25) is 4.79 Å². The number of halogens is 1. The molecule has 1 heterocycles. The smallest absolute Gasteiger partial charge is 0.239 e. The molecule has 1 aliphatic rings. The molecule has 1 saturated heterocycles. The summed E-state index contributed by atoms with van der Waals surface area (Å²) in [4.78, 5) is 14.4. The molecule has 6 heteroatoms. The molecule has 138 valence electrons. The maximum atomic E-state index is 12.2. The molecular weight excluding hydrogens is 350 g/mol. The van der Waals surface area contributed by atoms with E-state index in [1.54, 1.807) is 0 Å². The van der Waals surface area contributed by atoms with E-state index in [2.05, 4.69) is 21.6 Å². The number of hydrogen-bond acceptors (Lipinski definition) is 4. The van der Waals surface area contributed by atoms with Gasteiger partial charge in [0.05, 0.1) is 31.1 Å². The Bertz CT molecular complexity index is 760. The van der Waals surface area contributed by atoms with E-state index in [1.165, 1.54) is 5.56 Å². The van der Waals surface area contributed by atoms with E-state index in [0.717, 1.165) is 30.0 Å². The number of nitrogens with zero attached hydrogens (tertiary/aromatic N) is 1. The number of anilines is 2. The van der Waals surface area contributed by atoms with Crippen molar-refractivity contribution >= 4 is 28.9 Å². The fourth-order valence-electron chi connectivity index (χ4n) is 2.99. The predicted octanol–water partition coefficient (Wildman–Crippen LogP) is 3.21. The van der Waals surface area contributed by atoms with Crippen LogP contribution in [0.3, 0.4) is 0 Å². The topological polar surface area (TPSA) is 53.6 Å². The number of aryl methyl sites for hydroxylation is 1. The number of carbonyl (C=O) groups excluding carboxylic acids is 1. The van der Waals surface area contributed by atoms with Gasteiger partial charge in [-0.15, -0.1) is 0 Å². The first kappa shape index (κ1) is 18.5. The summed E-state index contributed by atoms with van der Waals surface area (Å²) in [6.45, 7) is 5.83. The highest BCUT2D eigenvalue weighted by Crippen LogP contribution is 2.29. The van der Waals surface area contributed by atoms with E-state index < -0.39 is 0 Å². The largest absolute Gasteiger partial charge is 0.378 e. The van der Waals surface area contributed by atoms with Crippen LogP contribution in [-0.4, -0.2) is 38.8 Å². The highest BCUT2D eigenvalue weighted by Gasteiger charge is 2.15. The van der Waals surface area contributed by atoms with Crippen LogP contribution in [0.4, 0.5) is 11.4 Å². The van der Waals surface area contributed by atoms with Gasteiger partial charge in [0.15, 0.2) is 0 Å². The van der Waals surface area contributed by atoms with E-state index in [9.17, 15) is 4.79 Å². The first-order valence-corrected chi connectivity index (χ1v) is 9.18. The van der Waals surface area contributed by atoms with E-state index in [1.807, 2.05) is 43.3 Å². The molecule has 0 bridgehead atoms. The number of nitrogens with one attached hydrogen (secondary N) is 2. The monoisotopic (exact) mass is 373 g/mol. The van der Waals surface area contributed by atoms with Crippen molar-refractivity contribution < 1.29 is 9.53 Å². The first-order valence-electron chi connectivity index (χ1n) is 8.80. The summed E-state index contributed by atoms with van der Waals surface area (Å²) < 4.78 is 5.41. The van der Waals surface area contributed by atoms with Crippen molar-refractivity contribution in [1.82, 2.24) is 5.32 Å². The molecule has 3 rings (SSSR count). The van der Waals surface area contributed by atoms with Crippen molar-refractivity contribution in [3.05, 3.63) is 58.6 Å². The zero-order chi connectivity index (χ0) is 18.4. The number of carbonyl (C=O) groups is 1. The Morgan fingerprint density at radius 2 is 2.00 bits per heavy atom. The molecule has 1 amide bonds. The number of benzene rings is 2. The van der Waals surface area contributed by atoms with Crippen LogP contribution in [0.5, 0.6) is 0 Å². The summed E-state index contributed by atoms with van der Waals surface area (Å²) in [6.07, 6.45) is 0. The Hall–Kier alpha value is -2.24. The standard InChI is InChI=1S/C20H24ClN3O2/c1-15-3-2-4-16(11-15)13-23-20(25)14-22-18-12-17(21)5-6-19(18)24-7-9-26-10-8-24/h2-6,11-12,22H,7-10,13-14H2,1H3,(H,23,25). The summed E-state index contributed by atoms with van der Waals surface area (Å²) in [5.74, 6) is -0.0561. The summed E-state index contributed by atoms with van der Waals surface area (Å²) in [5.41, 5.74) is 4.19. The van der Waals surface area contributed by atoms with Crippen molar-refractivity contribution in [3.63, 3.8) is 0 Å². The lowest BCUT2D eigenvalue weighted by atomic mass is 10.1. The van der Waals surface area contributed by atoms with Crippen LogP contribution < -0.4 is 15.5 Å². The second kappa shape index (κ2) is 8.92. The molecule has 1 fully saturated rings. The predicted molar refractivity (Wildman–Crippen MR) is 106 cm³/mol. The van der Waals surface area contributed by atoms with Gasteiger partial charge in [-0.25, -0.2) is 0 Å². The van der Waals surface area contributed by atoms with Gasteiger partial charge in [0.1, 0.15) is 0 Å². The molecule has 2 N–H and O–H groups in total. The molecule has 2 aromatic carbocycles. The van der Waals surface area contributed by atoms with Crippen LogP contribution in [0.2, 0.25) is 5.02 Å². The second-order valence-electron chi connectivity index (χ2n) is 6.38. The Balaban J connectivity index is 1.58. The minimum atomic E-state index is -0.0561. The number of ether oxygens (including phenoxy) is 1. The zero-order valence-corrected chi connectivity index (χ0v) is 15.7. The molecule has 2 aromatic rings. The van der Waals surface area contributed by atoms with Crippen LogP contribution in [0, 0.1) is 6.92 Å². The summed E-state index contributed by atoms with van der Waals surface area (Å²) in [7, 11) is 0. The van der Waals surface area contributed by atoms with Gasteiger partial charge in [-0.2, -0.15) is 0 Å². The van der Waals surface area contributed by atoms with Gasteiger partial charge in [0.25, 0.3) is 0 Å². The highest BCUT2D eigenvalue weighted by atomic mass is 35.5. The summed E-state index contributed by atoms with van der Waals surface area (Å²) in [5, 5.41) is 6.81. The molecule has 0 radical (unpaired) electrons. The van der Waals surface area contributed by atoms with Crippen LogP contribution in [0.25, 0.3) is 0 Å². The lowest BCUT2D eigenvalue weighted by Gasteiger charge is -2.30. The first-order chi connectivity index (χ1) is 12.6. The minimum absolute atomic E-state index is 0.0561. The fraction of sp³-hybridized carbons (Fsp3) is 0.350. The molecule has 1 aliphatic heterocycles.